The molecule has 0 aliphatic carbocycles. The summed E-state index contributed by atoms with van der Waals surface area (Å²) in [6, 6.07) is 8.52. The van der Waals surface area contributed by atoms with Crippen LogP contribution in [0.25, 0.3) is 0 Å². The van der Waals surface area contributed by atoms with E-state index < -0.39 is 30.1 Å². The molecule has 0 bridgehead atoms. The van der Waals surface area contributed by atoms with Crippen LogP contribution in [0.4, 0.5) is 14.5 Å². The highest BCUT2D eigenvalue weighted by Crippen LogP contribution is 2.15. The first-order chi connectivity index (χ1) is 10.5. The molecule has 0 atom stereocenters. The van der Waals surface area contributed by atoms with E-state index in [4.69, 9.17) is 16.3 Å². The lowest BCUT2D eigenvalue weighted by molar-refractivity contribution is -0.119. The van der Waals surface area contributed by atoms with Crippen molar-refractivity contribution in [2.75, 3.05) is 11.9 Å². The first kappa shape index (κ1) is 15.9. The number of carbonyl (C=O) groups is 2. The van der Waals surface area contributed by atoms with Crippen molar-refractivity contribution in [3.8, 4) is 0 Å². The van der Waals surface area contributed by atoms with Crippen LogP contribution in [0.15, 0.2) is 42.5 Å². The number of ether oxygens (including phenoxy) is 1. The van der Waals surface area contributed by atoms with Gasteiger partial charge in [0.1, 0.15) is 11.6 Å². The molecule has 0 saturated heterocycles. The van der Waals surface area contributed by atoms with Crippen molar-refractivity contribution in [3.05, 3.63) is 64.7 Å². The third kappa shape index (κ3) is 4.26. The van der Waals surface area contributed by atoms with Gasteiger partial charge in [-0.15, -0.1) is 0 Å². The molecule has 0 aromatic heterocycles. The van der Waals surface area contributed by atoms with Crippen LogP contribution in [0.2, 0.25) is 5.02 Å². The van der Waals surface area contributed by atoms with Crippen molar-refractivity contribution in [1.29, 1.82) is 0 Å². The minimum absolute atomic E-state index is 0.142. The Morgan fingerprint density at radius 1 is 1.09 bits per heavy atom. The minimum atomic E-state index is -0.983. The fourth-order valence-electron chi connectivity index (χ4n) is 1.59. The molecular weight excluding hydrogens is 316 g/mol. The van der Waals surface area contributed by atoms with Crippen molar-refractivity contribution in [3.63, 3.8) is 0 Å². The number of hydrogen-bond acceptors (Lipinski definition) is 3. The zero-order valence-corrected chi connectivity index (χ0v) is 11.9. The fraction of sp³-hybridized carbons (Fsp3) is 0.0667. The fourth-order valence-corrected chi connectivity index (χ4v) is 1.75. The Morgan fingerprint density at radius 2 is 1.77 bits per heavy atom. The first-order valence-corrected chi connectivity index (χ1v) is 6.51. The van der Waals surface area contributed by atoms with Crippen LogP contribution in [-0.2, 0) is 9.53 Å². The second-order valence-corrected chi connectivity index (χ2v) is 4.69. The minimum Gasteiger partial charge on any atom is -0.452 e. The highest BCUT2D eigenvalue weighted by Gasteiger charge is 2.15. The summed E-state index contributed by atoms with van der Waals surface area (Å²) in [4.78, 5) is 23.2. The van der Waals surface area contributed by atoms with E-state index >= 15 is 0 Å². The molecule has 0 aliphatic rings. The van der Waals surface area contributed by atoms with Gasteiger partial charge in [0.25, 0.3) is 5.91 Å². The van der Waals surface area contributed by atoms with Gasteiger partial charge in [0, 0.05) is 10.7 Å². The first-order valence-electron chi connectivity index (χ1n) is 6.13. The summed E-state index contributed by atoms with van der Waals surface area (Å²) in [6.45, 7) is -0.599. The molecule has 2 aromatic carbocycles. The maximum absolute atomic E-state index is 13.5. The summed E-state index contributed by atoms with van der Waals surface area (Å²) in [5.74, 6) is -2.89. The van der Waals surface area contributed by atoms with Gasteiger partial charge in [-0.2, -0.15) is 0 Å². The van der Waals surface area contributed by atoms with E-state index in [9.17, 15) is 18.4 Å². The molecule has 2 aromatic rings. The molecule has 0 fully saturated rings. The zero-order valence-electron chi connectivity index (χ0n) is 11.1. The Bertz CT molecular complexity index is 704. The molecule has 0 heterocycles. The number of amides is 1. The molecule has 0 spiro atoms. The quantitative estimate of drug-likeness (QED) is 0.876. The highest BCUT2D eigenvalue weighted by molar-refractivity contribution is 6.30. The lowest BCUT2D eigenvalue weighted by Crippen LogP contribution is -2.21. The van der Waals surface area contributed by atoms with Gasteiger partial charge >= 0.3 is 5.97 Å². The Hall–Kier alpha value is -2.47. The molecule has 0 unspecified atom stereocenters. The van der Waals surface area contributed by atoms with Crippen LogP contribution < -0.4 is 5.32 Å². The van der Waals surface area contributed by atoms with E-state index in [2.05, 4.69) is 5.32 Å². The van der Waals surface area contributed by atoms with Crippen molar-refractivity contribution in [2.45, 2.75) is 0 Å². The van der Waals surface area contributed by atoms with Gasteiger partial charge in [-0.1, -0.05) is 11.6 Å². The van der Waals surface area contributed by atoms with Crippen molar-refractivity contribution < 1.29 is 23.1 Å². The van der Waals surface area contributed by atoms with Crippen molar-refractivity contribution in [2.24, 2.45) is 0 Å². The molecule has 1 N–H and O–H groups in total. The number of esters is 1. The number of halogens is 3. The van der Waals surface area contributed by atoms with Gasteiger partial charge in [0.05, 0.1) is 5.56 Å². The standard InChI is InChI=1S/C15H10ClF2NO3/c16-9-1-6-12(13(18)7-9)15(21)22-8-14(20)19-11-4-2-10(17)3-5-11/h1-7H,8H2,(H,19,20). The third-order valence-electron chi connectivity index (χ3n) is 2.61. The van der Waals surface area contributed by atoms with E-state index in [0.29, 0.717) is 5.69 Å². The zero-order chi connectivity index (χ0) is 16.1. The largest absolute Gasteiger partial charge is 0.452 e. The Kier molecular flexibility index (Phi) is 5.06. The summed E-state index contributed by atoms with van der Waals surface area (Å²) in [5.41, 5.74) is 0.0269. The molecule has 2 rings (SSSR count). The maximum Gasteiger partial charge on any atom is 0.341 e. The summed E-state index contributed by atoms with van der Waals surface area (Å²) < 4.78 is 30.9. The lowest BCUT2D eigenvalue weighted by atomic mass is 10.2. The molecule has 114 valence electrons. The van der Waals surface area contributed by atoms with E-state index in [0.717, 1.165) is 12.1 Å². The van der Waals surface area contributed by atoms with Gasteiger partial charge in [-0.05, 0) is 42.5 Å². The van der Waals surface area contributed by atoms with Gasteiger partial charge in [-0.25, -0.2) is 13.6 Å². The molecule has 0 saturated carbocycles. The second-order valence-electron chi connectivity index (χ2n) is 4.26. The number of hydrogen-bond donors (Lipinski definition) is 1. The van der Waals surface area contributed by atoms with Gasteiger partial charge in [-0.3, -0.25) is 4.79 Å². The lowest BCUT2D eigenvalue weighted by Gasteiger charge is -2.07. The Labute approximate surface area is 129 Å². The number of nitrogens with one attached hydrogen (secondary N) is 1. The molecule has 0 aliphatic heterocycles. The van der Waals surface area contributed by atoms with Crippen LogP contribution in [0.1, 0.15) is 10.4 Å². The molecule has 4 nitrogen and oxygen atoms in total. The van der Waals surface area contributed by atoms with Crippen LogP contribution in [0.3, 0.4) is 0 Å². The molecular formula is C15H10ClF2NO3. The van der Waals surface area contributed by atoms with Crippen molar-refractivity contribution in [1.82, 2.24) is 0 Å². The Balaban J connectivity index is 1.90. The normalized spacial score (nSPS) is 10.1. The molecule has 22 heavy (non-hydrogen) atoms. The van der Waals surface area contributed by atoms with Gasteiger partial charge in [0.2, 0.25) is 0 Å². The third-order valence-corrected chi connectivity index (χ3v) is 2.85. The number of anilines is 1. The summed E-state index contributed by atoms with van der Waals surface area (Å²) >= 11 is 5.57. The number of carbonyl (C=O) groups excluding carboxylic acids is 2. The molecule has 1 amide bonds. The smallest absolute Gasteiger partial charge is 0.341 e. The highest BCUT2D eigenvalue weighted by atomic mass is 35.5. The monoisotopic (exact) mass is 325 g/mol. The molecule has 7 heteroatoms. The average Bonchev–Trinajstić information content (AvgIpc) is 2.47. The number of rotatable bonds is 4. The summed E-state index contributed by atoms with van der Waals surface area (Å²) in [5, 5.41) is 2.54. The van der Waals surface area contributed by atoms with Gasteiger partial charge in [0.15, 0.2) is 6.61 Å². The second kappa shape index (κ2) is 7.00. The topological polar surface area (TPSA) is 55.4 Å². The SMILES string of the molecule is O=C(COC(=O)c1ccc(Cl)cc1F)Nc1ccc(F)cc1. The van der Waals surface area contributed by atoms with E-state index in [-0.39, 0.29) is 10.6 Å². The predicted molar refractivity (Wildman–Crippen MR) is 76.7 cm³/mol. The van der Waals surface area contributed by atoms with Crippen LogP contribution in [0, 0.1) is 11.6 Å². The van der Waals surface area contributed by atoms with Crippen LogP contribution in [0.5, 0.6) is 0 Å². The molecule has 0 radical (unpaired) electrons. The number of benzene rings is 2. The average molecular weight is 326 g/mol. The van der Waals surface area contributed by atoms with Crippen molar-refractivity contribution >= 4 is 29.2 Å². The van der Waals surface area contributed by atoms with Crippen LogP contribution >= 0.6 is 11.6 Å². The van der Waals surface area contributed by atoms with E-state index in [1.807, 2.05) is 0 Å². The van der Waals surface area contributed by atoms with Crippen LogP contribution in [-0.4, -0.2) is 18.5 Å². The van der Waals surface area contributed by atoms with E-state index in [1.165, 1.54) is 30.3 Å². The maximum atomic E-state index is 13.5. The van der Waals surface area contributed by atoms with Gasteiger partial charge < -0.3 is 10.1 Å². The predicted octanol–water partition coefficient (Wildman–Crippen LogP) is 3.41. The van der Waals surface area contributed by atoms with E-state index in [1.54, 1.807) is 0 Å². The summed E-state index contributed by atoms with van der Waals surface area (Å²) in [7, 11) is 0. The Morgan fingerprint density at radius 3 is 2.41 bits per heavy atom. The summed E-state index contributed by atoms with van der Waals surface area (Å²) in [6.07, 6.45) is 0.